The van der Waals surface area contributed by atoms with Gasteiger partial charge in [-0.05, 0) is 36.2 Å². The van der Waals surface area contributed by atoms with E-state index in [1.807, 2.05) is 0 Å². The van der Waals surface area contributed by atoms with Gasteiger partial charge in [0.2, 0.25) is 0 Å². The number of nitrogens with zero attached hydrogens (tertiary/aromatic N) is 4. The fourth-order valence-corrected chi connectivity index (χ4v) is 4.00. The van der Waals surface area contributed by atoms with Crippen LogP contribution in [0.25, 0.3) is 0 Å². The van der Waals surface area contributed by atoms with E-state index < -0.39 is 0 Å². The fraction of sp³-hybridized carbons (Fsp3) is 0.600. The Morgan fingerprint density at radius 1 is 1.00 bits per heavy atom. The van der Waals surface area contributed by atoms with E-state index in [1.165, 1.54) is 0 Å². The van der Waals surface area contributed by atoms with Crippen LogP contribution in [0.3, 0.4) is 0 Å². The van der Waals surface area contributed by atoms with Gasteiger partial charge in [-0.3, -0.25) is 14.5 Å². The van der Waals surface area contributed by atoms with Crippen molar-refractivity contribution in [3.8, 4) is 0 Å². The predicted octanol–water partition coefficient (Wildman–Crippen LogP) is 0.584. The van der Waals surface area contributed by atoms with Crippen LogP contribution in [0.15, 0.2) is 12.1 Å². The highest BCUT2D eigenvalue weighted by molar-refractivity contribution is 7.10. The van der Waals surface area contributed by atoms with Gasteiger partial charge >= 0.3 is 0 Å². The topological polar surface area (TPSA) is 152 Å². The lowest BCUT2D eigenvalue weighted by Crippen LogP contribution is -2.41. The largest absolute Gasteiger partial charge is 0.389 e. The molecule has 3 heterocycles. The molecule has 0 spiro atoms. The number of morpholine rings is 1. The van der Waals surface area contributed by atoms with E-state index in [0.29, 0.717) is 34.5 Å². The molecule has 2 aromatic rings. The van der Waals surface area contributed by atoms with Gasteiger partial charge in [0, 0.05) is 51.4 Å². The number of nitrogens with one attached hydrogen (secondary N) is 2. The maximum Gasteiger partial charge on any atom is 0.271 e. The third-order valence-electron chi connectivity index (χ3n) is 4.95. The van der Waals surface area contributed by atoms with Crippen LogP contribution in [0, 0.1) is 0 Å². The van der Waals surface area contributed by atoms with Gasteiger partial charge in [0.25, 0.3) is 11.8 Å². The molecule has 0 aromatic carbocycles. The standard InChI is InChI=1S/C10H16N4O2S.C10H18N4OS/c11-9-7-8(13-17-9)10(15)12-1-2-14-3-5-16-6-4-14;1-3-14(4-2)6-5-12-10(15)8-7-9(11)16-13-8/h7H,1-6,11H2,(H,12,15);7H,3-6,11H2,1-2H3,(H,12,15). The Kier molecular flexibility index (Phi) is 12.0. The van der Waals surface area contributed by atoms with Crippen molar-refractivity contribution in [2.75, 3.05) is 77.0 Å². The van der Waals surface area contributed by atoms with E-state index >= 15 is 0 Å². The third kappa shape index (κ3) is 10.0. The number of amides is 2. The van der Waals surface area contributed by atoms with Crippen molar-refractivity contribution in [2.45, 2.75) is 13.8 Å². The smallest absolute Gasteiger partial charge is 0.271 e. The molecule has 11 nitrogen and oxygen atoms in total. The van der Waals surface area contributed by atoms with Crippen LogP contribution in [-0.2, 0) is 4.74 Å². The number of carbonyl (C=O) groups is 2. The van der Waals surface area contributed by atoms with Crippen LogP contribution >= 0.6 is 23.1 Å². The molecule has 0 bridgehead atoms. The van der Waals surface area contributed by atoms with Crippen molar-refractivity contribution in [1.29, 1.82) is 0 Å². The maximum atomic E-state index is 11.6. The summed E-state index contributed by atoms with van der Waals surface area (Å²) in [6.45, 7) is 12.6. The number of hydrogen-bond acceptors (Lipinski definition) is 11. The monoisotopic (exact) mass is 498 g/mol. The fourth-order valence-electron chi connectivity index (χ4n) is 2.99. The highest BCUT2D eigenvalue weighted by Crippen LogP contribution is 2.11. The third-order valence-corrected chi connectivity index (χ3v) is 6.18. The molecule has 1 fully saturated rings. The number of aromatic nitrogens is 2. The van der Waals surface area contributed by atoms with Gasteiger partial charge in [0.05, 0.1) is 13.2 Å². The first-order chi connectivity index (χ1) is 15.9. The summed E-state index contributed by atoms with van der Waals surface area (Å²) < 4.78 is 13.1. The number of rotatable bonds is 10. The zero-order valence-electron chi connectivity index (χ0n) is 19.2. The normalized spacial score (nSPS) is 13.9. The van der Waals surface area contributed by atoms with E-state index in [4.69, 9.17) is 16.2 Å². The molecule has 1 aliphatic rings. The Morgan fingerprint density at radius 2 is 1.52 bits per heavy atom. The molecular weight excluding hydrogens is 464 g/mol. The van der Waals surface area contributed by atoms with Gasteiger partial charge in [-0.1, -0.05) is 13.8 Å². The predicted molar refractivity (Wildman–Crippen MR) is 133 cm³/mol. The summed E-state index contributed by atoms with van der Waals surface area (Å²) in [5.41, 5.74) is 11.8. The van der Waals surface area contributed by atoms with E-state index in [0.717, 1.165) is 75.5 Å². The number of carbonyl (C=O) groups excluding carboxylic acids is 2. The molecule has 184 valence electrons. The first-order valence-electron chi connectivity index (χ1n) is 11.0. The van der Waals surface area contributed by atoms with Gasteiger partial charge in [-0.2, -0.15) is 8.75 Å². The minimum absolute atomic E-state index is 0.153. The van der Waals surface area contributed by atoms with Gasteiger partial charge in [0.15, 0.2) is 0 Å². The Hall–Kier alpha value is -2.32. The van der Waals surface area contributed by atoms with Crippen molar-refractivity contribution < 1.29 is 14.3 Å². The number of likely N-dealkylation sites (N-methyl/N-ethyl adjacent to an activating group) is 1. The molecule has 2 amide bonds. The number of nitrogen functional groups attached to an aromatic ring is 2. The molecule has 0 radical (unpaired) electrons. The lowest BCUT2D eigenvalue weighted by molar-refractivity contribution is 0.0383. The lowest BCUT2D eigenvalue weighted by Gasteiger charge is -2.26. The van der Waals surface area contributed by atoms with Gasteiger partial charge in [-0.25, -0.2) is 0 Å². The lowest BCUT2D eigenvalue weighted by atomic mass is 10.3. The Morgan fingerprint density at radius 3 is 1.97 bits per heavy atom. The second-order valence-corrected chi connectivity index (χ2v) is 8.89. The maximum absolute atomic E-state index is 11.6. The molecular formula is C20H34N8O3S2. The summed E-state index contributed by atoms with van der Waals surface area (Å²) in [4.78, 5) is 27.7. The minimum Gasteiger partial charge on any atom is -0.389 e. The molecule has 1 saturated heterocycles. The molecule has 0 aliphatic carbocycles. The van der Waals surface area contributed by atoms with Crippen molar-refractivity contribution in [3.63, 3.8) is 0 Å². The first-order valence-corrected chi connectivity index (χ1v) is 12.5. The van der Waals surface area contributed by atoms with Crippen molar-refractivity contribution in [3.05, 3.63) is 23.5 Å². The summed E-state index contributed by atoms with van der Waals surface area (Å²) in [5, 5.41) is 6.77. The summed E-state index contributed by atoms with van der Waals surface area (Å²) >= 11 is 2.27. The highest BCUT2D eigenvalue weighted by atomic mass is 32.1. The number of nitrogens with two attached hydrogens (primary N) is 2. The zero-order valence-corrected chi connectivity index (χ0v) is 20.8. The Labute approximate surface area is 202 Å². The summed E-state index contributed by atoms with van der Waals surface area (Å²) in [7, 11) is 0. The zero-order chi connectivity index (χ0) is 24.1. The molecule has 13 heteroatoms. The minimum atomic E-state index is -0.161. The van der Waals surface area contributed by atoms with Gasteiger partial charge in [0.1, 0.15) is 21.4 Å². The van der Waals surface area contributed by atoms with Crippen LogP contribution in [0.4, 0.5) is 10.0 Å². The second kappa shape index (κ2) is 14.8. The Balaban J connectivity index is 0.000000234. The van der Waals surface area contributed by atoms with E-state index in [-0.39, 0.29) is 11.8 Å². The number of ether oxygens (including phenoxy) is 1. The average Bonchev–Trinajstić information content (AvgIpc) is 3.46. The summed E-state index contributed by atoms with van der Waals surface area (Å²) in [6, 6.07) is 3.19. The number of hydrogen-bond donors (Lipinski definition) is 4. The van der Waals surface area contributed by atoms with Crippen molar-refractivity contribution in [2.24, 2.45) is 0 Å². The molecule has 2 aromatic heterocycles. The van der Waals surface area contributed by atoms with Gasteiger partial charge in [-0.15, -0.1) is 0 Å². The van der Waals surface area contributed by atoms with Crippen molar-refractivity contribution >= 4 is 44.9 Å². The van der Waals surface area contributed by atoms with Crippen LogP contribution in [-0.4, -0.2) is 95.9 Å². The van der Waals surface area contributed by atoms with E-state index in [9.17, 15) is 9.59 Å². The molecule has 0 saturated carbocycles. The van der Waals surface area contributed by atoms with Crippen LogP contribution in [0.2, 0.25) is 0 Å². The van der Waals surface area contributed by atoms with Crippen LogP contribution in [0.5, 0.6) is 0 Å². The van der Waals surface area contributed by atoms with E-state index in [1.54, 1.807) is 12.1 Å². The molecule has 6 N–H and O–H groups in total. The Bertz CT molecular complexity index is 850. The second-order valence-electron chi connectivity index (χ2n) is 7.22. The van der Waals surface area contributed by atoms with Gasteiger partial charge < -0.3 is 31.7 Å². The van der Waals surface area contributed by atoms with Crippen LogP contribution < -0.4 is 22.1 Å². The molecule has 0 atom stereocenters. The summed E-state index contributed by atoms with van der Waals surface area (Å²) in [6.07, 6.45) is 0. The quantitative estimate of drug-likeness (QED) is 0.369. The first kappa shape index (κ1) is 26.9. The van der Waals surface area contributed by atoms with E-state index in [2.05, 4.69) is 43.0 Å². The molecule has 1 aliphatic heterocycles. The molecule has 33 heavy (non-hydrogen) atoms. The average molecular weight is 499 g/mol. The summed E-state index contributed by atoms with van der Waals surface area (Å²) in [5.74, 6) is -0.314. The number of anilines is 2. The molecule has 3 rings (SSSR count). The molecule has 0 unspecified atom stereocenters. The van der Waals surface area contributed by atoms with Crippen LogP contribution in [0.1, 0.15) is 34.8 Å². The van der Waals surface area contributed by atoms with Crippen molar-refractivity contribution in [1.82, 2.24) is 29.2 Å². The SMILES string of the molecule is CCN(CC)CCNC(=O)c1cc(N)sn1.Nc1cc(C(=O)NCCN2CCOCC2)ns1. The highest BCUT2D eigenvalue weighted by Gasteiger charge is 2.12.